The van der Waals surface area contributed by atoms with Gasteiger partial charge in [0.25, 0.3) is 6.47 Å². The summed E-state index contributed by atoms with van der Waals surface area (Å²) in [5.41, 5.74) is 6.88. The largest absolute Gasteiger partial charge is 0.510 e. The average molecular weight is 519 g/mol. The van der Waals surface area contributed by atoms with Gasteiger partial charge in [0, 0.05) is 7.11 Å². The Balaban J connectivity index is 0.00000111. The molecule has 0 amide bonds. The van der Waals surface area contributed by atoms with E-state index in [1.54, 1.807) is 31.9 Å². The third kappa shape index (κ3) is 12.6. The van der Waals surface area contributed by atoms with Crippen molar-refractivity contribution in [2.75, 3.05) is 32.8 Å². The normalized spacial score (nSPS) is 12.7. The zero-order valence-electron chi connectivity index (χ0n) is 20.8. The number of anilines is 1. The minimum absolute atomic E-state index is 0.0328. The zero-order chi connectivity index (χ0) is 26.2. The van der Waals surface area contributed by atoms with Gasteiger partial charge in [-0.2, -0.15) is 0 Å². The summed E-state index contributed by atoms with van der Waals surface area (Å²) in [6.07, 6.45) is 1.90. The second-order valence-corrected chi connectivity index (χ2v) is 8.81. The molecule has 0 aliphatic carbocycles. The molecule has 0 aromatic carbocycles. The van der Waals surface area contributed by atoms with Gasteiger partial charge in [0.1, 0.15) is 18.2 Å². The van der Waals surface area contributed by atoms with Crippen molar-refractivity contribution in [2.45, 2.75) is 59.5 Å². The van der Waals surface area contributed by atoms with Crippen LogP contribution in [0.2, 0.25) is 0 Å². The molecule has 0 aliphatic rings. The lowest BCUT2D eigenvalue weighted by molar-refractivity contribution is -0.134. The van der Waals surface area contributed by atoms with Crippen molar-refractivity contribution >= 4 is 38.0 Å². The van der Waals surface area contributed by atoms with Gasteiger partial charge in [-0.1, -0.05) is 0 Å². The first-order valence-corrected chi connectivity index (χ1v) is 12.0. The van der Waals surface area contributed by atoms with Gasteiger partial charge in [0.05, 0.1) is 31.2 Å². The Bertz CT molecular complexity index is 884. The molecule has 2 N–H and O–H groups in total. The van der Waals surface area contributed by atoms with E-state index < -0.39 is 21.3 Å². The summed E-state index contributed by atoms with van der Waals surface area (Å²) < 4.78 is 37.0. The number of carbonyl (C=O) groups excluding carboxylic acids is 2. The zero-order valence-corrected chi connectivity index (χ0v) is 21.7. The molecule has 2 heterocycles. The van der Waals surface area contributed by atoms with E-state index in [1.165, 1.54) is 6.33 Å². The number of ether oxygens (including phenoxy) is 5. The summed E-state index contributed by atoms with van der Waals surface area (Å²) in [4.78, 5) is 33.9. The smallest absolute Gasteiger partial charge is 0.440 e. The van der Waals surface area contributed by atoms with Gasteiger partial charge in [0.2, 0.25) is 15.2 Å². The quantitative estimate of drug-likeness (QED) is 0.127. The van der Waals surface area contributed by atoms with Gasteiger partial charge in [-0.25, -0.2) is 19.7 Å². The third-order valence-corrected chi connectivity index (χ3v) is 5.00. The van der Waals surface area contributed by atoms with E-state index in [-0.39, 0.29) is 31.8 Å². The van der Waals surface area contributed by atoms with E-state index in [4.69, 9.17) is 33.7 Å². The van der Waals surface area contributed by atoms with E-state index >= 15 is 0 Å². The highest BCUT2D eigenvalue weighted by Crippen LogP contribution is 2.38. The first-order valence-electron chi connectivity index (χ1n) is 10.7. The number of rotatable bonds is 14. The summed E-state index contributed by atoms with van der Waals surface area (Å²) in [5.74, 6) is 0.295. The van der Waals surface area contributed by atoms with Crippen LogP contribution in [0.1, 0.15) is 34.6 Å². The van der Waals surface area contributed by atoms with E-state index in [9.17, 15) is 9.59 Å². The summed E-state index contributed by atoms with van der Waals surface area (Å²) >= 11 is 0. The highest BCUT2D eigenvalue weighted by atomic mass is 31.2. The van der Waals surface area contributed by atoms with Crippen LogP contribution in [-0.4, -0.2) is 77.5 Å². The Morgan fingerprint density at radius 2 is 1.80 bits per heavy atom. The summed E-state index contributed by atoms with van der Waals surface area (Å²) in [7, 11) is 0.0310. The van der Waals surface area contributed by atoms with Crippen LogP contribution < -0.4 is 5.73 Å². The molecule has 0 bridgehead atoms. The van der Waals surface area contributed by atoms with Crippen molar-refractivity contribution in [3.8, 4) is 0 Å². The highest BCUT2D eigenvalue weighted by Gasteiger charge is 2.17. The van der Waals surface area contributed by atoms with Gasteiger partial charge in [-0.15, -0.1) is 0 Å². The topological polar surface area (TPSA) is 168 Å². The molecule has 0 fully saturated rings. The Morgan fingerprint density at radius 1 is 1.11 bits per heavy atom. The van der Waals surface area contributed by atoms with Gasteiger partial charge in [0.15, 0.2) is 18.3 Å². The standard InChI is InChI=1S/C16H24N5O8P.C4H10O/c1-11(2)29-16(23)25-9-28-30(27-8-24-7-22)10-26-12(3)4-21-6-20-13-14(17)18-5-19-15(13)21;1-4(2)5-3/h5-7,11-12H,4,8-10H2,1-3H3,(H2,17,18,19);4H,1-3H3/t12-,30?;/m1./s1. The van der Waals surface area contributed by atoms with Crippen molar-refractivity contribution in [3.05, 3.63) is 12.7 Å². The van der Waals surface area contributed by atoms with Crippen molar-refractivity contribution < 1.29 is 42.3 Å². The predicted molar refractivity (Wildman–Crippen MR) is 126 cm³/mol. The average Bonchev–Trinajstić information content (AvgIpc) is 3.21. The fourth-order valence-corrected chi connectivity index (χ4v) is 3.09. The molecule has 0 aliphatic heterocycles. The number of nitrogens with zero attached hydrogens (tertiary/aromatic N) is 4. The molecular weight excluding hydrogens is 485 g/mol. The number of methoxy groups -OCH3 is 1. The number of imidazole rings is 1. The minimum atomic E-state index is -1.67. The third-order valence-electron chi connectivity index (χ3n) is 3.86. The maximum atomic E-state index is 11.4. The van der Waals surface area contributed by atoms with E-state index in [0.29, 0.717) is 29.6 Å². The maximum absolute atomic E-state index is 11.4. The Hall–Kier alpha value is -2.64. The number of carbonyl (C=O) groups is 2. The molecule has 0 radical (unpaired) electrons. The monoisotopic (exact) mass is 519 g/mol. The Kier molecular flexibility index (Phi) is 14.7. The molecule has 2 atom stereocenters. The van der Waals surface area contributed by atoms with Crippen LogP contribution in [-0.2, 0) is 44.1 Å². The first-order chi connectivity index (χ1) is 16.7. The summed E-state index contributed by atoms with van der Waals surface area (Å²) in [5, 5.41) is 0. The van der Waals surface area contributed by atoms with Crippen LogP contribution in [0.3, 0.4) is 0 Å². The van der Waals surface area contributed by atoms with Crippen molar-refractivity contribution in [3.63, 3.8) is 0 Å². The van der Waals surface area contributed by atoms with Crippen LogP contribution in [0, 0.1) is 0 Å². The number of fused-ring (bicyclic) bond motifs is 1. The highest BCUT2D eigenvalue weighted by molar-refractivity contribution is 7.47. The van der Waals surface area contributed by atoms with Gasteiger partial charge >= 0.3 is 6.16 Å². The van der Waals surface area contributed by atoms with Crippen LogP contribution in [0.15, 0.2) is 12.7 Å². The molecule has 0 saturated carbocycles. The molecule has 0 spiro atoms. The molecular formula is C20H34N5O9P. The van der Waals surface area contributed by atoms with Crippen LogP contribution in [0.5, 0.6) is 0 Å². The molecule has 15 heteroatoms. The van der Waals surface area contributed by atoms with Crippen LogP contribution in [0.4, 0.5) is 10.6 Å². The number of nitrogen functional groups attached to an aromatic ring is 1. The number of aromatic nitrogens is 4. The van der Waals surface area contributed by atoms with Gasteiger partial charge < -0.3 is 34.0 Å². The first kappa shape index (κ1) is 30.4. The number of hydrogen-bond donors (Lipinski definition) is 1. The molecule has 14 nitrogen and oxygen atoms in total. The molecule has 2 aromatic rings. The Labute approximate surface area is 205 Å². The minimum Gasteiger partial charge on any atom is -0.440 e. The molecule has 35 heavy (non-hydrogen) atoms. The second-order valence-electron chi connectivity index (χ2n) is 7.37. The summed E-state index contributed by atoms with van der Waals surface area (Å²) in [6, 6.07) is 0. The van der Waals surface area contributed by atoms with Crippen molar-refractivity contribution in [1.82, 2.24) is 19.5 Å². The van der Waals surface area contributed by atoms with E-state index in [0.717, 1.165) is 0 Å². The van der Waals surface area contributed by atoms with Crippen molar-refractivity contribution in [2.24, 2.45) is 0 Å². The van der Waals surface area contributed by atoms with E-state index in [2.05, 4.69) is 19.7 Å². The molecule has 1 unspecified atom stereocenters. The van der Waals surface area contributed by atoms with Crippen LogP contribution >= 0.6 is 8.38 Å². The van der Waals surface area contributed by atoms with Crippen molar-refractivity contribution in [1.29, 1.82) is 0 Å². The lowest BCUT2D eigenvalue weighted by Crippen LogP contribution is -2.18. The molecule has 2 aromatic heterocycles. The lowest BCUT2D eigenvalue weighted by Gasteiger charge is -2.20. The molecule has 0 saturated heterocycles. The SMILES string of the molecule is CC(C)OC(=O)OCOP(CO[C@H](C)Cn1cnc2c(N)ncnc21)OCOC=O.COC(C)C. The Morgan fingerprint density at radius 3 is 2.43 bits per heavy atom. The fourth-order valence-electron chi connectivity index (χ4n) is 2.14. The van der Waals surface area contributed by atoms with Crippen LogP contribution in [0.25, 0.3) is 11.2 Å². The lowest BCUT2D eigenvalue weighted by atomic mass is 10.4. The number of nitrogens with two attached hydrogens (primary N) is 1. The van der Waals surface area contributed by atoms with E-state index in [1.807, 2.05) is 20.8 Å². The summed E-state index contributed by atoms with van der Waals surface area (Å²) in [6.45, 7) is 9.15. The molecule has 2 rings (SSSR count). The second kappa shape index (κ2) is 16.9. The predicted octanol–water partition coefficient (Wildman–Crippen LogP) is 2.81. The fraction of sp³-hybridized carbons (Fsp3) is 0.650. The number of hydrogen-bond acceptors (Lipinski definition) is 13. The van der Waals surface area contributed by atoms with Gasteiger partial charge in [-0.05, 0) is 34.6 Å². The molecule has 198 valence electrons. The maximum Gasteiger partial charge on any atom is 0.510 e. The van der Waals surface area contributed by atoms with Gasteiger partial charge in [-0.3, -0.25) is 13.8 Å².